The average Bonchev–Trinajstić information content (AvgIpc) is 3.21. The molecule has 0 atom stereocenters. The molecule has 1 heterocycles. The van der Waals surface area contributed by atoms with E-state index in [-0.39, 0.29) is 5.91 Å². The molecule has 0 bridgehead atoms. The van der Waals surface area contributed by atoms with E-state index in [1.807, 2.05) is 54.6 Å². The smallest absolute Gasteiger partial charge is 0.256 e. The van der Waals surface area contributed by atoms with Gasteiger partial charge in [-0.2, -0.15) is 0 Å². The van der Waals surface area contributed by atoms with Gasteiger partial charge in [0.1, 0.15) is 11.6 Å². The van der Waals surface area contributed by atoms with Crippen molar-refractivity contribution in [1.82, 2.24) is 10.6 Å². The molecular weight excluding hydrogens is 374 g/mol. The first-order chi connectivity index (χ1) is 14.7. The lowest BCUT2D eigenvalue weighted by Crippen LogP contribution is -2.30. The fourth-order valence-electron chi connectivity index (χ4n) is 3.62. The zero-order valence-corrected chi connectivity index (χ0v) is 17.2. The van der Waals surface area contributed by atoms with Crippen molar-refractivity contribution in [1.29, 1.82) is 0 Å². The molecule has 3 aromatic carbocycles. The minimum Gasteiger partial charge on any atom is -0.496 e. The lowest BCUT2D eigenvalue weighted by Gasteiger charge is -2.10. The Kier molecular flexibility index (Phi) is 5.91. The molecule has 2 N–H and O–H groups in total. The summed E-state index contributed by atoms with van der Waals surface area (Å²) in [5.41, 5.74) is 5.74. The van der Waals surface area contributed by atoms with Gasteiger partial charge in [0.25, 0.3) is 5.91 Å². The van der Waals surface area contributed by atoms with E-state index in [9.17, 15) is 4.79 Å². The van der Waals surface area contributed by atoms with Crippen LogP contribution in [0.15, 0.2) is 71.7 Å². The third-order valence-electron chi connectivity index (χ3n) is 5.19. The van der Waals surface area contributed by atoms with Gasteiger partial charge < -0.3 is 15.4 Å². The lowest BCUT2D eigenvalue weighted by molar-refractivity contribution is 0.0976. The molecule has 1 aliphatic rings. The Morgan fingerprint density at radius 1 is 1.03 bits per heavy atom. The SMILES string of the molecule is CCNCc1ccc(C(=O)NC2=Nc3c(-c4ccccc4)ccc(OC)c3C2)cc1. The summed E-state index contributed by atoms with van der Waals surface area (Å²) < 4.78 is 5.54. The van der Waals surface area contributed by atoms with Gasteiger partial charge in [0.2, 0.25) is 0 Å². The van der Waals surface area contributed by atoms with Crippen molar-refractivity contribution in [3.05, 3.63) is 83.4 Å². The van der Waals surface area contributed by atoms with Crippen molar-refractivity contribution in [3.63, 3.8) is 0 Å². The van der Waals surface area contributed by atoms with Crippen molar-refractivity contribution >= 4 is 17.4 Å². The van der Waals surface area contributed by atoms with Crippen LogP contribution in [-0.2, 0) is 13.0 Å². The Balaban J connectivity index is 1.56. The molecule has 0 unspecified atom stereocenters. The molecule has 1 aliphatic heterocycles. The number of nitrogens with one attached hydrogen (secondary N) is 2. The van der Waals surface area contributed by atoms with E-state index in [1.165, 1.54) is 0 Å². The van der Waals surface area contributed by atoms with Crippen LogP contribution in [0.2, 0.25) is 0 Å². The van der Waals surface area contributed by atoms with Crippen LogP contribution in [0, 0.1) is 0 Å². The number of fused-ring (bicyclic) bond motifs is 1. The summed E-state index contributed by atoms with van der Waals surface area (Å²) in [7, 11) is 1.66. The monoisotopic (exact) mass is 399 g/mol. The first-order valence-electron chi connectivity index (χ1n) is 10.1. The molecule has 0 saturated carbocycles. The highest BCUT2D eigenvalue weighted by atomic mass is 16.5. The number of carbonyl (C=O) groups is 1. The molecule has 0 radical (unpaired) electrons. The summed E-state index contributed by atoms with van der Waals surface area (Å²) in [6.45, 7) is 3.78. The second-order valence-electron chi connectivity index (χ2n) is 7.18. The average molecular weight is 399 g/mol. The van der Waals surface area contributed by atoms with Gasteiger partial charge in [-0.3, -0.25) is 4.79 Å². The topological polar surface area (TPSA) is 62.7 Å². The van der Waals surface area contributed by atoms with Gasteiger partial charge in [-0.05, 0) is 41.9 Å². The highest BCUT2D eigenvalue weighted by Gasteiger charge is 2.24. The Labute approximate surface area is 176 Å². The van der Waals surface area contributed by atoms with Crippen LogP contribution >= 0.6 is 0 Å². The van der Waals surface area contributed by atoms with Gasteiger partial charge in [-0.1, -0.05) is 49.4 Å². The van der Waals surface area contributed by atoms with E-state index in [1.54, 1.807) is 7.11 Å². The highest BCUT2D eigenvalue weighted by Crippen LogP contribution is 2.42. The van der Waals surface area contributed by atoms with Crippen molar-refractivity contribution in [2.24, 2.45) is 4.99 Å². The number of methoxy groups -OCH3 is 1. The molecule has 0 aliphatic carbocycles. The molecule has 5 nitrogen and oxygen atoms in total. The van der Waals surface area contributed by atoms with Crippen LogP contribution < -0.4 is 15.4 Å². The predicted molar refractivity (Wildman–Crippen MR) is 121 cm³/mol. The number of aliphatic imine (C=N–C) groups is 1. The maximum Gasteiger partial charge on any atom is 0.256 e. The molecule has 0 aromatic heterocycles. The fourth-order valence-corrected chi connectivity index (χ4v) is 3.62. The highest BCUT2D eigenvalue weighted by molar-refractivity contribution is 6.10. The number of benzene rings is 3. The third-order valence-corrected chi connectivity index (χ3v) is 5.19. The number of amidine groups is 1. The number of ether oxygens (including phenoxy) is 1. The number of nitrogens with zero attached hydrogens (tertiary/aromatic N) is 1. The van der Waals surface area contributed by atoms with Crippen LogP contribution in [0.5, 0.6) is 5.75 Å². The van der Waals surface area contributed by atoms with Gasteiger partial charge in [0, 0.05) is 29.7 Å². The maximum atomic E-state index is 12.7. The summed E-state index contributed by atoms with van der Waals surface area (Å²) in [5.74, 6) is 1.26. The molecule has 0 fully saturated rings. The molecule has 5 heteroatoms. The van der Waals surface area contributed by atoms with Crippen LogP contribution in [0.25, 0.3) is 11.1 Å². The largest absolute Gasteiger partial charge is 0.496 e. The zero-order chi connectivity index (χ0) is 20.9. The molecular formula is C25H25N3O2. The zero-order valence-electron chi connectivity index (χ0n) is 17.2. The normalized spacial score (nSPS) is 12.3. The summed E-state index contributed by atoms with van der Waals surface area (Å²) >= 11 is 0. The predicted octanol–water partition coefficient (Wildman–Crippen LogP) is 4.49. The second kappa shape index (κ2) is 8.93. The Bertz CT molecular complexity index is 1070. The minimum atomic E-state index is -0.156. The first-order valence-corrected chi connectivity index (χ1v) is 10.1. The Morgan fingerprint density at radius 3 is 2.50 bits per heavy atom. The lowest BCUT2D eigenvalue weighted by atomic mass is 9.99. The molecule has 0 spiro atoms. The molecule has 152 valence electrons. The molecule has 4 rings (SSSR count). The van der Waals surface area contributed by atoms with E-state index in [2.05, 4.69) is 29.7 Å². The van der Waals surface area contributed by atoms with Crippen molar-refractivity contribution < 1.29 is 9.53 Å². The molecule has 30 heavy (non-hydrogen) atoms. The maximum absolute atomic E-state index is 12.7. The summed E-state index contributed by atoms with van der Waals surface area (Å²) in [4.78, 5) is 17.5. The number of hydrogen-bond acceptors (Lipinski definition) is 4. The van der Waals surface area contributed by atoms with Gasteiger partial charge in [-0.15, -0.1) is 0 Å². The standard InChI is InChI=1S/C25H25N3O2/c1-3-26-16-17-9-11-19(12-10-17)25(29)28-23-15-21-22(30-2)14-13-20(24(21)27-23)18-7-5-4-6-8-18/h4-14,26H,3,15-16H2,1-2H3,(H,27,28,29). The van der Waals surface area contributed by atoms with Crippen molar-refractivity contribution in [3.8, 4) is 16.9 Å². The summed E-state index contributed by atoms with van der Waals surface area (Å²) in [6, 6.07) is 21.7. The molecule has 3 aromatic rings. The molecule has 0 saturated heterocycles. The van der Waals surface area contributed by atoms with E-state index in [4.69, 9.17) is 9.73 Å². The van der Waals surface area contributed by atoms with E-state index in [0.29, 0.717) is 17.8 Å². The van der Waals surface area contributed by atoms with Crippen LogP contribution in [-0.4, -0.2) is 25.4 Å². The minimum absolute atomic E-state index is 0.156. The van der Waals surface area contributed by atoms with Gasteiger partial charge in [0.15, 0.2) is 0 Å². The number of hydrogen-bond donors (Lipinski definition) is 2. The molecule has 1 amide bonds. The van der Waals surface area contributed by atoms with Gasteiger partial charge in [0.05, 0.1) is 12.8 Å². The van der Waals surface area contributed by atoms with Crippen LogP contribution in [0.1, 0.15) is 28.4 Å². The van der Waals surface area contributed by atoms with Gasteiger partial charge in [-0.25, -0.2) is 4.99 Å². The van der Waals surface area contributed by atoms with Crippen molar-refractivity contribution in [2.75, 3.05) is 13.7 Å². The quantitative estimate of drug-likeness (QED) is 0.642. The summed E-state index contributed by atoms with van der Waals surface area (Å²) in [6.07, 6.45) is 0.531. The van der Waals surface area contributed by atoms with Crippen LogP contribution in [0.4, 0.5) is 5.69 Å². The Hall–Kier alpha value is -3.44. The number of carbonyl (C=O) groups excluding carboxylic acids is 1. The Morgan fingerprint density at radius 2 is 1.80 bits per heavy atom. The first kappa shape index (κ1) is 19.9. The van der Waals surface area contributed by atoms with Crippen molar-refractivity contribution in [2.45, 2.75) is 19.9 Å². The van der Waals surface area contributed by atoms with E-state index in [0.717, 1.165) is 46.8 Å². The second-order valence-corrected chi connectivity index (χ2v) is 7.18. The number of rotatable bonds is 6. The van der Waals surface area contributed by atoms with E-state index < -0.39 is 0 Å². The van der Waals surface area contributed by atoms with Crippen LogP contribution in [0.3, 0.4) is 0 Å². The van der Waals surface area contributed by atoms with Gasteiger partial charge >= 0.3 is 0 Å². The number of amides is 1. The third kappa shape index (κ3) is 4.11. The van der Waals surface area contributed by atoms with E-state index >= 15 is 0 Å². The summed E-state index contributed by atoms with van der Waals surface area (Å²) in [5, 5.41) is 6.25. The fraction of sp³-hybridized carbons (Fsp3) is 0.200.